The standard InChI is InChI=1S/C22H15F4NO4/c1-29-18-8-14-17(9-15(18)23)30-11-21(14)13-4-2-3-5-16(13)27(20(21)28)10-12-6-7-19(31-12)22(24,25)26/h2-9H,10-11H2,1H3. The summed E-state index contributed by atoms with van der Waals surface area (Å²) in [5.41, 5.74) is 0.333. The number of para-hydroxylation sites is 1. The van der Waals surface area contributed by atoms with E-state index >= 15 is 0 Å². The Morgan fingerprint density at radius 3 is 2.61 bits per heavy atom. The second-order valence-electron chi connectivity index (χ2n) is 7.35. The minimum atomic E-state index is -4.62. The topological polar surface area (TPSA) is 51.9 Å². The van der Waals surface area contributed by atoms with Gasteiger partial charge < -0.3 is 18.8 Å². The Morgan fingerprint density at radius 1 is 1.13 bits per heavy atom. The predicted octanol–water partition coefficient (Wildman–Crippen LogP) is 4.67. The molecule has 1 unspecified atom stereocenters. The molecule has 160 valence electrons. The highest BCUT2D eigenvalue weighted by molar-refractivity contribution is 6.11. The van der Waals surface area contributed by atoms with E-state index in [0.717, 1.165) is 6.07 Å². The van der Waals surface area contributed by atoms with Gasteiger partial charge in [0.2, 0.25) is 11.7 Å². The van der Waals surface area contributed by atoms with Crippen molar-refractivity contribution in [2.24, 2.45) is 0 Å². The maximum absolute atomic E-state index is 14.2. The molecule has 31 heavy (non-hydrogen) atoms. The third kappa shape index (κ3) is 2.72. The number of hydrogen-bond donors (Lipinski definition) is 0. The molecule has 3 heterocycles. The van der Waals surface area contributed by atoms with Crippen molar-refractivity contribution in [2.45, 2.75) is 18.1 Å². The number of carbonyl (C=O) groups excluding carboxylic acids is 1. The molecule has 0 saturated heterocycles. The van der Waals surface area contributed by atoms with Crippen molar-refractivity contribution in [3.05, 3.63) is 77.0 Å². The van der Waals surface area contributed by atoms with E-state index in [-0.39, 0.29) is 30.4 Å². The summed E-state index contributed by atoms with van der Waals surface area (Å²) in [6.07, 6.45) is -4.62. The number of fused-ring (bicyclic) bond motifs is 4. The van der Waals surface area contributed by atoms with Crippen LogP contribution in [-0.2, 0) is 22.9 Å². The summed E-state index contributed by atoms with van der Waals surface area (Å²) >= 11 is 0. The fraction of sp³-hybridized carbons (Fsp3) is 0.227. The number of amides is 1. The summed E-state index contributed by atoms with van der Waals surface area (Å²) in [6, 6.07) is 11.6. The third-order valence-electron chi connectivity index (χ3n) is 5.68. The van der Waals surface area contributed by atoms with Crippen LogP contribution in [0.5, 0.6) is 11.5 Å². The summed E-state index contributed by atoms with van der Waals surface area (Å²) in [5.74, 6) is -1.97. The number of anilines is 1. The van der Waals surface area contributed by atoms with Crippen LogP contribution in [-0.4, -0.2) is 19.6 Å². The number of carbonyl (C=O) groups is 1. The highest BCUT2D eigenvalue weighted by Crippen LogP contribution is 2.53. The number of alkyl halides is 3. The summed E-state index contributed by atoms with van der Waals surface area (Å²) in [6.45, 7) is -0.255. The van der Waals surface area contributed by atoms with Crippen LogP contribution in [0, 0.1) is 5.82 Å². The van der Waals surface area contributed by atoms with Gasteiger partial charge in [-0.3, -0.25) is 4.79 Å². The van der Waals surface area contributed by atoms with Crippen LogP contribution >= 0.6 is 0 Å². The van der Waals surface area contributed by atoms with Gasteiger partial charge in [-0.2, -0.15) is 13.2 Å². The lowest BCUT2D eigenvalue weighted by Gasteiger charge is -2.23. The Morgan fingerprint density at radius 2 is 1.90 bits per heavy atom. The molecule has 0 radical (unpaired) electrons. The van der Waals surface area contributed by atoms with Crippen molar-refractivity contribution in [1.82, 2.24) is 0 Å². The van der Waals surface area contributed by atoms with E-state index in [1.165, 1.54) is 30.2 Å². The van der Waals surface area contributed by atoms with Gasteiger partial charge in [-0.05, 0) is 29.8 Å². The fourth-order valence-electron chi connectivity index (χ4n) is 4.26. The van der Waals surface area contributed by atoms with Crippen molar-refractivity contribution in [2.75, 3.05) is 18.6 Å². The molecular weight excluding hydrogens is 418 g/mol. The smallest absolute Gasteiger partial charge is 0.449 e. The van der Waals surface area contributed by atoms with E-state index in [1.54, 1.807) is 24.3 Å². The molecule has 5 nitrogen and oxygen atoms in total. The first-order valence-corrected chi connectivity index (χ1v) is 9.34. The molecule has 2 aliphatic rings. The average molecular weight is 433 g/mol. The Balaban J connectivity index is 1.60. The minimum Gasteiger partial charge on any atom is -0.494 e. The number of methoxy groups -OCH3 is 1. The largest absolute Gasteiger partial charge is 0.494 e. The van der Waals surface area contributed by atoms with Gasteiger partial charge in [0.15, 0.2) is 11.6 Å². The molecule has 1 spiro atoms. The van der Waals surface area contributed by atoms with Crippen LogP contribution in [0.3, 0.4) is 0 Å². The van der Waals surface area contributed by atoms with Crippen molar-refractivity contribution in [3.8, 4) is 11.5 Å². The zero-order valence-electron chi connectivity index (χ0n) is 16.1. The summed E-state index contributed by atoms with van der Waals surface area (Å²) < 4.78 is 68.6. The van der Waals surface area contributed by atoms with Gasteiger partial charge in [-0.1, -0.05) is 18.2 Å². The van der Waals surface area contributed by atoms with Crippen LogP contribution in [0.25, 0.3) is 0 Å². The molecule has 1 aromatic heterocycles. The predicted molar refractivity (Wildman–Crippen MR) is 101 cm³/mol. The highest BCUT2D eigenvalue weighted by Gasteiger charge is 2.57. The van der Waals surface area contributed by atoms with Gasteiger partial charge in [-0.25, -0.2) is 4.39 Å². The highest BCUT2D eigenvalue weighted by atomic mass is 19.4. The molecule has 3 aromatic rings. The Bertz CT molecular complexity index is 1200. The van der Waals surface area contributed by atoms with Gasteiger partial charge >= 0.3 is 6.18 Å². The van der Waals surface area contributed by atoms with Crippen molar-refractivity contribution < 1.29 is 36.2 Å². The van der Waals surface area contributed by atoms with Gasteiger partial charge in [0.1, 0.15) is 23.5 Å². The van der Waals surface area contributed by atoms with Gasteiger partial charge in [0.05, 0.1) is 13.7 Å². The van der Waals surface area contributed by atoms with E-state index < -0.39 is 29.1 Å². The normalized spacial score (nSPS) is 19.5. The molecule has 0 bridgehead atoms. The van der Waals surface area contributed by atoms with E-state index in [0.29, 0.717) is 16.8 Å². The van der Waals surface area contributed by atoms with Crippen LogP contribution in [0.2, 0.25) is 0 Å². The molecule has 0 fully saturated rings. The van der Waals surface area contributed by atoms with Crippen LogP contribution < -0.4 is 14.4 Å². The van der Waals surface area contributed by atoms with Gasteiger partial charge in [0, 0.05) is 17.3 Å². The zero-order valence-corrected chi connectivity index (χ0v) is 16.1. The van der Waals surface area contributed by atoms with Crippen LogP contribution in [0.1, 0.15) is 22.6 Å². The van der Waals surface area contributed by atoms with Crippen LogP contribution in [0.4, 0.5) is 23.2 Å². The molecule has 2 aliphatic heterocycles. The second-order valence-corrected chi connectivity index (χ2v) is 7.35. The first kappa shape index (κ1) is 19.5. The number of halogens is 4. The van der Waals surface area contributed by atoms with Gasteiger partial charge in [0.25, 0.3) is 0 Å². The molecule has 1 amide bonds. The molecule has 2 aromatic carbocycles. The van der Waals surface area contributed by atoms with Crippen molar-refractivity contribution >= 4 is 11.6 Å². The number of hydrogen-bond acceptors (Lipinski definition) is 4. The number of ether oxygens (including phenoxy) is 2. The Labute approximate surface area is 173 Å². The SMILES string of the molecule is COc1cc2c(cc1F)OCC21C(=O)N(Cc2ccc(C(F)(F)F)o2)c2ccccc21. The maximum atomic E-state index is 14.2. The average Bonchev–Trinajstić information content (AvgIpc) is 3.41. The lowest BCUT2D eigenvalue weighted by molar-refractivity contribution is -0.153. The minimum absolute atomic E-state index is 0.0108. The third-order valence-corrected chi connectivity index (χ3v) is 5.68. The lowest BCUT2D eigenvalue weighted by Crippen LogP contribution is -2.42. The molecule has 1 atom stereocenters. The number of furan rings is 1. The fourth-order valence-corrected chi connectivity index (χ4v) is 4.26. The van der Waals surface area contributed by atoms with E-state index in [9.17, 15) is 22.4 Å². The zero-order chi connectivity index (χ0) is 22.0. The first-order chi connectivity index (χ1) is 14.8. The molecule has 0 N–H and O–H groups in total. The van der Waals surface area contributed by atoms with E-state index in [2.05, 4.69) is 0 Å². The Hall–Kier alpha value is -3.49. The van der Waals surface area contributed by atoms with Gasteiger partial charge in [-0.15, -0.1) is 0 Å². The molecule has 0 saturated carbocycles. The van der Waals surface area contributed by atoms with Crippen molar-refractivity contribution in [1.29, 1.82) is 0 Å². The maximum Gasteiger partial charge on any atom is 0.449 e. The lowest BCUT2D eigenvalue weighted by atomic mass is 9.77. The number of rotatable bonds is 3. The number of nitrogens with zero attached hydrogens (tertiary/aromatic N) is 1. The summed E-state index contributed by atoms with van der Waals surface area (Å²) in [7, 11) is 1.32. The molecule has 0 aliphatic carbocycles. The monoisotopic (exact) mass is 433 g/mol. The molecular formula is C22H15F4NO4. The number of benzene rings is 2. The Kier molecular flexibility index (Phi) is 4.08. The van der Waals surface area contributed by atoms with E-state index in [4.69, 9.17) is 13.9 Å². The van der Waals surface area contributed by atoms with E-state index in [1.807, 2.05) is 0 Å². The first-order valence-electron chi connectivity index (χ1n) is 9.34. The second kappa shape index (κ2) is 6.50. The summed E-state index contributed by atoms with van der Waals surface area (Å²) in [5, 5.41) is 0. The molecule has 5 rings (SSSR count). The molecule has 9 heteroatoms. The van der Waals surface area contributed by atoms with Crippen molar-refractivity contribution in [3.63, 3.8) is 0 Å². The summed E-state index contributed by atoms with van der Waals surface area (Å²) in [4.78, 5) is 15.1. The van der Waals surface area contributed by atoms with Crippen LogP contribution in [0.15, 0.2) is 52.9 Å². The quantitative estimate of drug-likeness (QED) is 0.564.